The molecular formula is C17H16N2O5S. The molecule has 0 heterocycles. The van der Waals surface area contributed by atoms with Gasteiger partial charge in [0.25, 0.3) is 11.6 Å². The summed E-state index contributed by atoms with van der Waals surface area (Å²) in [5, 5.41) is 13.8. The SMILES string of the molecule is COC(=O)c1ccc(CNC(=O)c2ccc(SC)c([N+](=O)[O-])c2)cc1. The standard InChI is InChI=1S/C17H16N2O5S/c1-24-17(21)12-5-3-11(4-6-12)10-18-16(20)13-7-8-15(25-2)14(9-13)19(22)23/h3-9H,10H2,1-2H3,(H,18,20). The van der Waals surface area contributed by atoms with Crippen molar-refractivity contribution in [2.45, 2.75) is 11.4 Å². The van der Waals surface area contributed by atoms with Crippen molar-refractivity contribution in [3.05, 3.63) is 69.3 Å². The Balaban J connectivity index is 2.06. The third-order valence-corrected chi connectivity index (χ3v) is 4.25. The maximum absolute atomic E-state index is 12.2. The molecule has 7 nitrogen and oxygen atoms in total. The summed E-state index contributed by atoms with van der Waals surface area (Å²) < 4.78 is 4.62. The van der Waals surface area contributed by atoms with Crippen LogP contribution in [0, 0.1) is 10.1 Å². The van der Waals surface area contributed by atoms with E-state index in [0.717, 1.165) is 5.56 Å². The molecule has 0 saturated heterocycles. The minimum Gasteiger partial charge on any atom is -0.465 e. The Morgan fingerprint density at radius 1 is 1.16 bits per heavy atom. The van der Waals surface area contributed by atoms with Crippen LogP contribution in [0.25, 0.3) is 0 Å². The Hall–Kier alpha value is -2.87. The maximum atomic E-state index is 12.2. The minimum atomic E-state index is -0.506. The number of nitro benzene ring substituents is 1. The van der Waals surface area contributed by atoms with Gasteiger partial charge in [-0.15, -0.1) is 11.8 Å². The number of amides is 1. The number of carbonyl (C=O) groups is 2. The van der Waals surface area contributed by atoms with Crippen molar-refractivity contribution >= 4 is 29.3 Å². The summed E-state index contributed by atoms with van der Waals surface area (Å²) in [5.41, 5.74) is 1.33. The van der Waals surface area contributed by atoms with E-state index in [-0.39, 0.29) is 17.8 Å². The monoisotopic (exact) mass is 360 g/mol. The molecule has 0 unspecified atom stereocenters. The molecule has 0 fully saturated rings. The average Bonchev–Trinajstić information content (AvgIpc) is 2.65. The molecule has 0 radical (unpaired) electrons. The van der Waals surface area contributed by atoms with E-state index in [1.807, 2.05) is 0 Å². The largest absolute Gasteiger partial charge is 0.465 e. The van der Waals surface area contributed by atoms with Crippen LogP contribution in [0.3, 0.4) is 0 Å². The molecule has 0 atom stereocenters. The summed E-state index contributed by atoms with van der Waals surface area (Å²) in [7, 11) is 1.30. The third kappa shape index (κ3) is 4.57. The summed E-state index contributed by atoms with van der Waals surface area (Å²) in [6.07, 6.45) is 1.74. The summed E-state index contributed by atoms with van der Waals surface area (Å²) in [6, 6.07) is 11.0. The first kappa shape index (κ1) is 18.5. The van der Waals surface area contributed by atoms with Crippen LogP contribution in [0.1, 0.15) is 26.3 Å². The third-order valence-electron chi connectivity index (χ3n) is 3.47. The highest BCUT2D eigenvalue weighted by atomic mass is 32.2. The predicted molar refractivity (Wildman–Crippen MR) is 93.8 cm³/mol. The van der Waals surface area contributed by atoms with Crippen LogP contribution >= 0.6 is 11.8 Å². The molecule has 0 aliphatic heterocycles. The molecule has 1 amide bonds. The average molecular weight is 360 g/mol. The van der Waals surface area contributed by atoms with Crippen molar-refractivity contribution in [3.8, 4) is 0 Å². The molecule has 2 aromatic carbocycles. The van der Waals surface area contributed by atoms with E-state index >= 15 is 0 Å². The number of ether oxygens (including phenoxy) is 1. The van der Waals surface area contributed by atoms with E-state index in [1.54, 1.807) is 42.7 Å². The van der Waals surface area contributed by atoms with Gasteiger partial charge in [0.2, 0.25) is 0 Å². The van der Waals surface area contributed by atoms with Crippen molar-refractivity contribution in [1.29, 1.82) is 0 Å². The number of nitro groups is 1. The molecule has 2 rings (SSSR count). The van der Waals surface area contributed by atoms with Gasteiger partial charge in [-0.3, -0.25) is 14.9 Å². The van der Waals surface area contributed by atoms with E-state index in [4.69, 9.17) is 0 Å². The Labute approximate surface area is 148 Å². The summed E-state index contributed by atoms with van der Waals surface area (Å²) in [5.74, 6) is -0.843. The first-order valence-corrected chi connectivity index (χ1v) is 8.46. The Morgan fingerprint density at radius 2 is 1.80 bits per heavy atom. The van der Waals surface area contributed by atoms with Crippen LogP contribution in [0.5, 0.6) is 0 Å². The molecule has 8 heteroatoms. The fourth-order valence-corrected chi connectivity index (χ4v) is 2.68. The lowest BCUT2D eigenvalue weighted by Crippen LogP contribution is -2.22. The van der Waals surface area contributed by atoms with Gasteiger partial charge in [-0.25, -0.2) is 4.79 Å². The number of hydrogen-bond donors (Lipinski definition) is 1. The van der Waals surface area contributed by atoms with Gasteiger partial charge in [0.15, 0.2) is 0 Å². The topological polar surface area (TPSA) is 98.5 Å². The molecule has 1 N–H and O–H groups in total. The lowest BCUT2D eigenvalue weighted by Gasteiger charge is -2.07. The van der Waals surface area contributed by atoms with Gasteiger partial charge in [-0.05, 0) is 36.1 Å². The van der Waals surface area contributed by atoms with Crippen molar-refractivity contribution in [1.82, 2.24) is 5.32 Å². The van der Waals surface area contributed by atoms with Gasteiger partial charge < -0.3 is 10.1 Å². The van der Waals surface area contributed by atoms with Crippen molar-refractivity contribution in [2.24, 2.45) is 0 Å². The zero-order valence-corrected chi connectivity index (χ0v) is 14.5. The number of carbonyl (C=O) groups excluding carboxylic acids is 2. The summed E-state index contributed by atoms with van der Waals surface area (Å²) >= 11 is 1.25. The van der Waals surface area contributed by atoms with E-state index in [9.17, 15) is 19.7 Å². The van der Waals surface area contributed by atoms with Gasteiger partial charge in [-0.2, -0.15) is 0 Å². The second-order valence-corrected chi connectivity index (χ2v) is 5.86. The second kappa shape index (κ2) is 8.29. The Bertz CT molecular complexity index is 805. The highest BCUT2D eigenvalue weighted by Crippen LogP contribution is 2.28. The molecular weight excluding hydrogens is 344 g/mol. The number of methoxy groups -OCH3 is 1. The second-order valence-electron chi connectivity index (χ2n) is 5.01. The van der Waals surface area contributed by atoms with Gasteiger partial charge in [0.1, 0.15) is 0 Å². The van der Waals surface area contributed by atoms with Crippen LogP contribution in [0.2, 0.25) is 0 Å². The van der Waals surface area contributed by atoms with Gasteiger partial charge in [-0.1, -0.05) is 12.1 Å². The zero-order valence-electron chi connectivity index (χ0n) is 13.6. The predicted octanol–water partition coefficient (Wildman–Crippen LogP) is 3.03. The molecule has 0 aromatic heterocycles. The molecule has 0 saturated carbocycles. The van der Waals surface area contributed by atoms with E-state index in [2.05, 4.69) is 10.1 Å². The fraction of sp³-hybridized carbons (Fsp3) is 0.176. The molecule has 130 valence electrons. The van der Waals surface area contributed by atoms with Gasteiger partial charge in [0, 0.05) is 18.2 Å². The quantitative estimate of drug-likeness (QED) is 0.368. The van der Waals surface area contributed by atoms with Crippen LogP contribution in [0.15, 0.2) is 47.4 Å². The van der Waals surface area contributed by atoms with Crippen molar-refractivity contribution in [2.75, 3.05) is 13.4 Å². The van der Waals surface area contributed by atoms with E-state index < -0.39 is 16.8 Å². The van der Waals surface area contributed by atoms with Crippen LogP contribution in [-0.2, 0) is 11.3 Å². The number of thioether (sulfide) groups is 1. The molecule has 0 bridgehead atoms. The first-order chi connectivity index (χ1) is 12.0. The highest BCUT2D eigenvalue weighted by Gasteiger charge is 2.17. The zero-order chi connectivity index (χ0) is 18.4. The summed E-state index contributed by atoms with van der Waals surface area (Å²) in [4.78, 5) is 34.6. The highest BCUT2D eigenvalue weighted by molar-refractivity contribution is 7.98. The molecule has 2 aromatic rings. The van der Waals surface area contributed by atoms with Gasteiger partial charge in [0.05, 0.1) is 22.5 Å². The van der Waals surface area contributed by atoms with Crippen molar-refractivity contribution < 1.29 is 19.2 Å². The normalized spacial score (nSPS) is 10.2. The fourth-order valence-electron chi connectivity index (χ4n) is 2.13. The van der Waals surface area contributed by atoms with Crippen LogP contribution in [0.4, 0.5) is 5.69 Å². The molecule has 25 heavy (non-hydrogen) atoms. The van der Waals surface area contributed by atoms with Crippen LogP contribution < -0.4 is 5.32 Å². The summed E-state index contributed by atoms with van der Waals surface area (Å²) in [6.45, 7) is 0.234. The number of hydrogen-bond acceptors (Lipinski definition) is 6. The minimum absolute atomic E-state index is 0.0948. The molecule has 0 aliphatic rings. The van der Waals surface area contributed by atoms with Crippen LogP contribution in [-0.4, -0.2) is 30.2 Å². The lowest BCUT2D eigenvalue weighted by molar-refractivity contribution is -0.387. The van der Waals surface area contributed by atoms with E-state index in [0.29, 0.717) is 10.5 Å². The van der Waals surface area contributed by atoms with E-state index in [1.165, 1.54) is 24.9 Å². The molecule has 0 spiro atoms. The maximum Gasteiger partial charge on any atom is 0.337 e. The van der Waals surface area contributed by atoms with Crippen molar-refractivity contribution in [3.63, 3.8) is 0 Å². The van der Waals surface area contributed by atoms with Gasteiger partial charge >= 0.3 is 5.97 Å². The Kier molecular flexibility index (Phi) is 6.13. The lowest BCUT2D eigenvalue weighted by atomic mass is 10.1. The number of nitrogens with one attached hydrogen (secondary N) is 1. The Morgan fingerprint density at radius 3 is 2.36 bits per heavy atom. The number of rotatable bonds is 6. The smallest absolute Gasteiger partial charge is 0.337 e. The molecule has 0 aliphatic carbocycles. The number of benzene rings is 2. The number of nitrogens with zero attached hydrogens (tertiary/aromatic N) is 1. The number of esters is 1. The first-order valence-electron chi connectivity index (χ1n) is 7.24.